The minimum absolute atomic E-state index is 0.455. The molecule has 0 aliphatic carbocycles. The summed E-state index contributed by atoms with van der Waals surface area (Å²) in [7, 11) is 3.17. The van der Waals surface area contributed by atoms with Crippen LogP contribution in [0.2, 0.25) is 0 Å². The molecule has 0 N–H and O–H groups in total. The van der Waals surface area contributed by atoms with Crippen LogP contribution in [0, 0.1) is 6.92 Å². The molecule has 0 aliphatic heterocycles. The van der Waals surface area contributed by atoms with Gasteiger partial charge in [-0.15, -0.1) is 0 Å². The Morgan fingerprint density at radius 2 is 1.86 bits per heavy atom. The molecule has 0 amide bonds. The molecule has 0 unspecified atom stereocenters. The molecule has 0 heterocycles. The fraction of sp³-hybridized carbons (Fsp3) is 0.364. The zero-order valence-electron chi connectivity index (χ0n) is 8.78. The van der Waals surface area contributed by atoms with Gasteiger partial charge in [0, 0.05) is 12.7 Å². The molecule has 0 radical (unpaired) electrons. The van der Waals surface area contributed by atoms with E-state index in [0.29, 0.717) is 6.61 Å². The van der Waals surface area contributed by atoms with Crippen LogP contribution in [-0.4, -0.2) is 26.5 Å². The number of hydrogen-bond acceptors (Lipinski definition) is 3. The monoisotopic (exact) mass is 193 g/mol. The van der Waals surface area contributed by atoms with Crippen molar-refractivity contribution in [3.8, 4) is 0 Å². The maximum Gasteiger partial charge on any atom is 0.113 e. The highest BCUT2D eigenvalue weighted by Crippen LogP contribution is 2.05. The maximum atomic E-state index is 5.03. The number of ether oxygens (including phenoxy) is 1. The van der Waals surface area contributed by atoms with Gasteiger partial charge in [0.2, 0.25) is 0 Å². The van der Waals surface area contributed by atoms with Crippen LogP contribution >= 0.6 is 0 Å². The Balaban J connectivity index is 2.88. The van der Waals surface area contributed by atoms with Crippen LogP contribution < -0.4 is 0 Å². The van der Waals surface area contributed by atoms with Crippen molar-refractivity contribution < 1.29 is 9.57 Å². The van der Waals surface area contributed by atoms with Gasteiger partial charge in [-0.3, -0.25) is 0 Å². The summed E-state index contributed by atoms with van der Waals surface area (Å²) >= 11 is 0. The van der Waals surface area contributed by atoms with Gasteiger partial charge < -0.3 is 9.57 Å². The van der Waals surface area contributed by atoms with Crippen LogP contribution in [0.3, 0.4) is 0 Å². The van der Waals surface area contributed by atoms with Gasteiger partial charge in [-0.05, 0) is 6.92 Å². The summed E-state index contributed by atoms with van der Waals surface area (Å²) in [5, 5.41) is 3.91. The smallest absolute Gasteiger partial charge is 0.113 e. The third-order valence-corrected chi connectivity index (χ3v) is 1.87. The van der Waals surface area contributed by atoms with Gasteiger partial charge in [-0.25, -0.2) is 0 Å². The zero-order valence-corrected chi connectivity index (χ0v) is 8.78. The van der Waals surface area contributed by atoms with Gasteiger partial charge >= 0.3 is 0 Å². The Morgan fingerprint density at radius 3 is 2.36 bits per heavy atom. The quantitative estimate of drug-likeness (QED) is 0.541. The molecule has 0 saturated carbocycles. The average Bonchev–Trinajstić information content (AvgIpc) is 2.19. The van der Waals surface area contributed by atoms with Crippen LogP contribution in [0.25, 0.3) is 0 Å². The molecule has 0 atom stereocenters. The predicted molar refractivity (Wildman–Crippen MR) is 56.6 cm³/mol. The molecule has 0 aromatic heterocycles. The normalized spacial score (nSPS) is 11.5. The number of aryl methyl sites for hydroxylation is 1. The molecule has 3 nitrogen and oxygen atoms in total. The van der Waals surface area contributed by atoms with E-state index in [9.17, 15) is 0 Å². The molecule has 0 fully saturated rings. The highest BCUT2D eigenvalue weighted by atomic mass is 16.6. The van der Waals surface area contributed by atoms with E-state index in [2.05, 4.69) is 5.16 Å². The summed E-state index contributed by atoms with van der Waals surface area (Å²) in [6.45, 7) is 2.50. The number of oxime groups is 1. The lowest BCUT2D eigenvalue weighted by atomic mass is 10.1. The van der Waals surface area contributed by atoms with E-state index in [1.54, 1.807) is 7.11 Å². The van der Waals surface area contributed by atoms with E-state index < -0.39 is 0 Å². The SMILES string of the molecule is COC/C(=N\OC)c1ccc(C)cc1. The van der Waals surface area contributed by atoms with Crippen LogP contribution in [0.4, 0.5) is 0 Å². The van der Waals surface area contributed by atoms with E-state index in [1.807, 2.05) is 31.2 Å². The topological polar surface area (TPSA) is 30.8 Å². The zero-order chi connectivity index (χ0) is 10.4. The molecule has 1 rings (SSSR count). The highest BCUT2D eigenvalue weighted by molar-refractivity contribution is 6.01. The van der Waals surface area contributed by atoms with Gasteiger partial charge in [0.05, 0.1) is 6.61 Å². The van der Waals surface area contributed by atoms with E-state index in [1.165, 1.54) is 12.7 Å². The molecule has 1 aromatic rings. The lowest BCUT2D eigenvalue weighted by molar-refractivity contribution is 0.201. The fourth-order valence-corrected chi connectivity index (χ4v) is 1.16. The lowest BCUT2D eigenvalue weighted by Gasteiger charge is -2.04. The van der Waals surface area contributed by atoms with Crippen LogP contribution in [-0.2, 0) is 9.57 Å². The second-order valence-electron chi connectivity index (χ2n) is 3.02. The summed E-state index contributed by atoms with van der Waals surface area (Å²) in [6, 6.07) is 8.09. The van der Waals surface area contributed by atoms with Gasteiger partial charge in [-0.2, -0.15) is 0 Å². The number of hydrogen-bond donors (Lipinski definition) is 0. The molecular weight excluding hydrogens is 178 g/mol. The standard InChI is InChI=1S/C11H15NO2/c1-9-4-6-10(7-5-9)11(8-13-2)12-14-3/h4-7H,8H2,1-3H3/b12-11+. The van der Waals surface area contributed by atoms with Crippen molar-refractivity contribution >= 4 is 5.71 Å². The van der Waals surface area contributed by atoms with Crippen LogP contribution in [0.5, 0.6) is 0 Å². The average molecular weight is 193 g/mol. The van der Waals surface area contributed by atoms with Gasteiger partial charge in [-0.1, -0.05) is 35.0 Å². The fourth-order valence-electron chi connectivity index (χ4n) is 1.16. The second kappa shape index (κ2) is 5.40. The van der Waals surface area contributed by atoms with E-state index in [4.69, 9.17) is 9.57 Å². The molecule has 1 aromatic carbocycles. The molecule has 0 saturated heterocycles. The number of methoxy groups -OCH3 is 1. The lowest BCUT2D eigenvalue weighted by Crippen LogP contribution is -2.09. The first-order chi connectivity index (χ1) is 6.77. The largest absolute Gasteiger partial charge is 0.399 e. The van der Waals surface area contributed by atoms with Crippen molar-refractivity contribution in [3.05, 3.63) is 35.4 Å². The Kier molecular flexibility index (Phi) is 4.13. The second-order valence-corrected chi connectivity index (χ2v) is 3.02. The molecule has 0 bridgehead atoms. The van der Waals surface area contributed by atoms with Gasteiger partial charge in [0.15, 0.2) is 0 Å². The van der Waals surface area contributed by atoms with Crippen molar-refractivity contribution in [3.63, 3.8) is 0 Å². The Morgan fingerprint density at radius 1 is 1.21 bits per heavy atom. The Hall–Kier alpha value is -1.35. The third-order valence-electron chi connectivity index (χ3n) is 1.87. The van der Waals surface area contributed by atoms with Crippen molar-refractivity contribution in [2.45, 2.75) is 6.92 Å². The molecule has 14 heavy (non-hydrogen) atoms. The summed E-state index contributed by atoms with van der Waals surface area (Å²) < 4.78 is 5.03. The summed E-state index contributed by atoms with van der Waals surface area (Å²) in [6.07, 6.45) is 0. The van der Waals surface area contributed by atoms with Gasteiger partial charge in [0.25, 0.3) is 0 Å². The molecular formula is C11H15NO2. The van der Waals surface area contributed by atoms with Gasteiger partial charge in [0.1, 0.15) is 12.8 Å². The van der Waals surface area contributed by atoms with Crippen molar-refractivity contribution in [1.29, 1.82) is 0 Å². The number of rotatable bonds is 4. The van der Waals surface area contributed by atoms with Crippen LogP contribution in [0.15, 0.2) is 29.4 Å². The highest BCUT2D eigenvalue weighted by Gasteiger charge is 2.03. The minimum Gasteiger partial charge on any atom is -0.399 e. The summed E-state index contributed by atoms with van der Waals surface area (Å²) in [4.78, 5) is 4.75. The first-order valence-electron chi connectivity index (χ1n) is 4.44. The number of benzene rings is 1. The molecule has 76 valence electrons. The third kappa shape index (κ3) is 2.85. The van der Waals surface area contributed by atoms with E-state index in [0.717, 1.165) is 11.3 Å². The minimum atomic E-state index is 0.455. The maximum absolute atomic E-state index is 5.03. The first-order valence-corrected chi connectivity index (χ1v) is 4.44. The number of nitrogens with zero attached hydrogens (tertiary/aromatic N) is 1. The van der Waals surface area contributed by atoms with Crippen molar-refractivity contribution in [1.82, 2.24) is 0 Å². The van der Waals surface area contributed by atoms with Crippen molar-refractivity contribution in [2.75, 3.05) is 20.8 Å². The molecule has 0 aliphatic rings. The first kappa shape index (κ1) is 10.7. The van der Waals surface area contributed by atoms with Crippen LogP contribution in [0.1, 0.15) is 11.1 Å². The van der Waals surface area contributed by atoms with E-state index in [-0.39, 0.29) is 0 Å². The predicted octanol–water partition coefficient (Wildman–Crippen LogP) is 1.99. The Bertz CT molecular complexity index is 304. The summed E-state index contributed by atoms with van der Waals surface area (Å²) in [5.74, 6) is 0. The van der Waals surface area contributed by atoms with E-state index >= 15 is 0 Å². The summed E-state index contributed by atoms with van der Waals surface area (Å²) in [5.41, 5.74) is 3.05. The molecule has 3 heteroatoms. The molecule has 0 spiro atoms. The van der Waals surface area contributed by atoms with Crippen molar-refractivity contribution in [2.24, 2.45) is 5.16 Å². The Labute approximate surface area is 84.3 Å².